The fourth-order valence-electron chi connectivity index (χ4n) is 1.60. The van der Waals surface area contributed by atoms with Gasteiger partial charge in [0.15, 0.2) is 0 Å². The maximum Gasteiger partial charge on any atom is 0.0471 e. The summed E-state index contributed by atoms with van der Waals surface area (Å²) in [4.78, 5) is 2.43. The molecule has 0 aromatic rings. The normalized spacial score (nSPS) is 27.3. The Bertz CT molecular complexity index is 108. The van der Waals surface area contributed by atoms with Crippen LogP contribution in [0.3, 0.4) is 0 Å². The molecule has 1 unspecified atom stereocenters. The van der Waals surface area contributed by atoms with Gasteiger partial charge in [-0.1, -0.05) is 0 Å². The number of likely N-dealkylation sites (tertiary alicyclic amines) is 1. The van der Waals surface area contributed by atoms with Crippen LogP contribution in [0.2, 0.25) is 0 Å². The Labute approximate surface area is 73.0 Å². The second-order valence-electron chi connectivity index (χ2n) is 3.19. The lowest BCUT2D eigenvalue weighted by atomic mass is 10.00. The van der Waals surface area contributed by atoms with Crippen LogP contribution in [0.5, 0.6) is 0 Å². The SMILES string of the molecule is CSCN1CCCC(CO)C1. The minimum atomic E-state index is 0.366. The molecule has 1 saturated heterocycles. The van der Waals surface area contributed by atoms with Crippen molar-refractivity contribution in [1.29, 1.82) is 0 Å². The van der Waals surface area contributed by atoms with Crippen LogP contribution in [0, 0.1) is 5.92 Å². The van der Waals surface area contributed by atoms with Crippen molar-refractivity contribution in [2.75, 3.05) is 31.8 Å². The molecular formula is C8H17NOS. The van der Waals surface area contributed by atoms with Gasteiger partial charge in [-0.05, 0) is 31.6 Å². The Balaban J connectivity index is 2.21. The van der Waals surface area contributed by atoms with Crippen molar-refractivity contribution >= 4 is 11.8 Å². The first kappa shape index (κ1) is 9.36. The van der Waals surface area contributed by atoms with Crippen molar-refractivity contribution < 1.29 is 5.11 Å². The zero-order valence-corrected chi connectivity index (χ0v) is 7.94. The van der Waals surface area contributed by atoms with Crippen molar-refractivity contribution in [3.05, 3.63) is 0 Å². The largest absolute Gasteiger partial charge is 0.396 e. The predicted octanol–water partition coefficient (Wildman–Crippen LogP) is 1.01. The lowest BCUT2D eigenvalue weighted by molar-refractivity contribution is 0.135. The van der Waals surface area contributed by atoms with Gasteiger partial charge >= 0.3 is 0 Å². The smallest absolute Gasteiger partial charge is 0.0471 e. The van der Waals surface area contributed by atoms with Gasteiger partial charge in [0, 0.05) is 19.0 Å². The summed E-state index contributed by atoms with van der Waals surface area (Å²) >= 11 is 1.86. The van der Waals surface area contributed by atoms with Crippen molar-refractivity contribution in [3.8, 4) is 0 Å². The van der Waals surface area contributed by atoms with Gasteiger partial charge in [-0.3, -0.25) is 4.90 Å². The van der Waals surface area contributed by atoms with Gasteiger partial charge in [0.1, 0.15) is 0 Å². The highest BCUT2D eigenvalue weighted by Gasteiger charge is 2.17. The molecule has 0 amide bonds. The summed E-state index contributed by atoms with van der Waals surface area (Å²) in [6.45, 7) is 2.68. The Morgan fingerprint density at radius 2 is 2.45 bits per heavy atom. The van der Waals surface area contributed by atoms with E-state index >= 15 is 0 Å². The molecule has 1 atom stereocenters. The molecule has 0 saturated carbocycles. The number of hydrogen-bond acceptors (Lipinski definition) is 3. The highest BCUT2D eigenvalue weighted by Crippen LogP contribution is 2.16. The van der Waals surface area contributed by atoms with Crippen LogP contribution in [-0.2, 0) is 0 Å². The van der Waals surface area contributed by atoms with E-state index in [2.05, 4.69) is 11.2 Å². The lowest BCUT2D eigenvalue weighted by Crippen LogP contribution is -2.36. The van der Waals surface area contributed by atoms with Crippen molar-refractivity contribution in [1.82, 2.24) is 4.90 Å². The third-order valence-electron chi connectivity index (χ3n) is 2.17. The van der Waals surface area contributed by atoms with E-state index in [-0.39, 0.29) is 0 Å². The van der Waals surface area contributed by atoms with E-state index in [1.165, 1.54) is 19.4 Å². The molecule has 1 fully saturated rings. The first-order chi connectivity index (χ1) is 5.36. The first-order valence-corrected chi connectivity index (χ1v) is 5.58. The molecule has 11 heavy (non-hydrogen) atoms. The summed E-state index contributed by atoms with van der Waals surface area (Å²) < 4.78 is 0. The van der Waals surface area contributed by atoms with Crippen LogP contribution in [0.25, 0.3) is 0 Å². The number of piperidine rings is 1. The minimum absolute atomic E-state index is 0.366. The van der Waals surface area contributed by atoms with E-state index in [1.807, 2.05) is 11.8 Å². The van der Waals surface area contributed by atoms with E-state index in [9.17, 15) is 0 Å². The molecule has 1 heterocycles. The summed E-state index contributed by atoms with van der Waals surface area (Å²) in [5, 5.41) is 8.94. The Morgan fingerprint density at radius 1 is 1.64 bits per heavy atom. The fraction of sp³-hybridized carbons (Fsp3) is 1.00. The van der Waals surface area contributed by atoms with Crippen LogP contribution in [0.4, 0.5) is 0 Å². The molecule has 1 rings (SSSR count). The van der Waals surface area contributed by atoms with E-state index in [0.717, 1.165) is 12.4 Å². The number of nitrogens with zero attached hydrogens (tertiary/aromatic N) is 1. The summed E-state index contributed by atoms with van der Waals surface area (Å²) in [6, 6.07) is 0. The Kier molecular flexibility index (Phi) is 4.26. The molecule has 66 valence electrons. The van der Waals surface area contributed by atoms with Crippen molar-refractivity contribution in [2.45, 2.75) is 12.8 Å². The maximum absolute atomic E-state index is 8.94. The summed E-state index contributed by atoms with van der Waals surface area (Å²) in [5.41, 5.74) is 0. The topological polar surface area (TPSA) is 23.5 Å². The molecule has 2 nitrogen and oxygen atoms in total. The molecule has 0 radical (unpaired) electrons. The summed E-state index contributed by atoms with van der Waals surface area (Å²) in [6.07, 6.45) is 4.59. The molecule has 1 aliphatic rings. The van der Waals surface area contributed by atoms with E-state index in [4.69, 9.17) is 5.11 Å². The van der Waals surface area contributed by atoms with Crippen LogP contribution >= 0.6 is 11.8 Å². The average molecular weight is 175 g/mol. The third kappa shape index (κ3) is 3.01. The molecule has 0 aliphatic carbocycles. The average Bonchev–Trinajstić information content (AvgIpc) is 2.06. The fourth-order valence-corrected chi connectivity index (χ4v) is 2.20. The van der Waals surface area contributed by atoms with Crippen LogP contribution in [-0.4, -0.2) is 41.8 Å². The molecule has 0 spiro atoms. The summed E-state index contributed by atoms with van der Waals surface area (Å²) in [7, 11) is 0. The number of rotatable bonds is 3. The third-order valence-corrected chi connectivity index (χ3v) is 2.80. The molecule has 1 aliphatic heterocycles. The molecule has 1 N–H and O–H groups in total. The second-order valence-corrected chi connectivity index (χ2v) is 4.02. The van der Waals surface area contributed by atoms with Gasteiger partial charge in [0.05, 0.1) is 0 Å². The molecular weight excluding hydrogens is 158 g/mol. The standard InChI is InChI=1S/C8H17NOS/c1-11-7-9-4-2-3-8(5-9)6-10/h8,10H,2-7H2,1H3. The van der Waals surface area contributed by atoms with E-state index in [0.29, 0.717) is 12.5 Å². The predicted molar refractivity (Wildman–Crippen MR) is 49.8 cm³/mol. The monoisotopic (exact) mass is 175 g/mol. The van der Waals surface area contributed by atoms with Gasteiger partial charge in [0.25, 0.3) is 0 Å². The number of thioether (sulfide) groups is 1. The van der Waals surface area contributed by atoms with Crippen LogP contribution < -0.4 is 0 Å². The molecule has 3 heteroatoms. The highest BCUT2D eigenvalue weighted by molar-refractivity contribution is 7.98. The molecule has 0 bridgehead atoms. The van der Waals surface area contributed by atoms with Crippen LogP contribution in [0.15, 0.2) is 0 Å². The van der Waals surface area contributed by atoms with Crippen molar-refractivity contribution in [3.63, 3.8) is 0 Å². The number of hydrogen-bond donors (Lipinski definition) is 1. The number of aliphatic hydroxyl groups is 1. The Hall–Kier alpha value is 0.270. The number of aliphatic hydroxyl groups excluding tert-OH is 1. The van der Waals surface area contributed by atoms with Crippen LogP contribution in [0.1, 0.15) is 12.8 Å². The van der Waals surface area contributed by atoms with Gasteiger partial charge in [-0.2, -0.15) is 0 Å². The van der Waals surface area contributed by atoms with E-state index in [1.54, 1.807) is 0 Å². The lowest BCUT2D eigenvalue weighted by Gasteiger charge is -2.30. The second kappa shape index (κ2) is 5.01. The maximum atomic E-state index is 8.94. The minimum Gasteiger partial charge on any atom is -0.396 e. The van der Waals surface area contributed by atoms with E-state index < -0.39 is 0 Å². The zero-order valence-electron chi connectivity index (χ0n) is 7.12. The first-order valence-electron chi connectivity index (χ1n) is 4.19. The zero-order chi connectivity index (χ0) is 8.10. The molecule has 0 aromatic carbocycles. The van der Waals surface area contributed by atoms with Gasteiger partial charge < -0.3 is 5.11 Å². The Morgan fingerprint density at radius 3 is 3.09 bits per heavy atom. The molecule has 0 aromatic heterocycles. The van der Waals surface area contributed by atoms with Gasteiger partial charge in [-0.15, -0.1) is 11.8 Å². The van der Waals surface area contributed by atoms with Gasteiger partial charge in [0.2, 0.25) is 0 Å². The summed E-state index contributed by atoms with van der Waals surface area (Å²) in [5.74, 6) is 1.66. The van der Waals surface area contributed by atoms with Gasteiger partial charge in [-0.25, -0.2) is 0 Å². The van der Waals surface area contributed by atoms with Crippen molar-refractivity contribution in [2.24, 2.45) is 5.92 Å². The quantitative estimate of drug-likeness (QED) is 0.692. The highest BCUT2D eigenvalue weighted by atomic mass is 32.2.